The number of methoxy groups -OCH3 is 1. The van der Waals surface area contributed by atoms with Gasteiger partial charge in [-0.2, -0.15) is 22.0 Å². The maximum Gasteiger partial charge on any atom is 0.419 e. The predicted octanol–water partition coefficient (Wildman–Crippen LogP) is 10.4. The molecule has 280 valence electrons. The monoisotopic (exact) mass is 743 g/mol. The first-order chi connectivity index (χ1) is 24.3. The smallest absolute Gasteiger partial charge is 0.419 e. The maximum atomic E-state index is 15.2. The molecule has 0 aliphatic rings. The highest BCUT2D eigenvalue weighted by Gasteiger charge is 2.45. The molecule has 4 aromatic carbocycles. The van der Waals surface area contributed by atoms with Crippen LogP contribution >= 0.6 is 0 Å². The summed E-state index contributed by atoms with van der Waals surface area (Å²) in [5, 5.41) is 2.47. The molecule has 0 spiro atoms. The van der Waals surface area contributed by atoms with E-state index in [1.807, 2.05) is 13.8 Å². The van der Waals surface area contributed by atoms with Gasteiger partial charge < -0.3 is 10.1 Å². The number of carbonyl (C=O) groups is 2. The molecular weight excluding hydrogens is 708 g/mol. The fraction of sp³-hybridized carbons (Fsp3) is 0.316. The van der Waals surface area contributed by atoms with E-state index in [0.717, 1.165) is 19.2 Å². The number of benzene rings is 4. The second-order valence-electron chi connectivity index (χ2n) is 12.0. The molecule has 0 unspecified atom stereocenters. The Balaban J connectivity index is 0.00000358. The standard InChI is InChI=1S/C36H29F10NO3.C2H6/c1-19(2)12-23-13-24(9-11-29(23)38)34(18-20-4-6-21(7-5-20)32(49)50-3,25-15-26(17-27(37)16-25)35(42,43)33(40)41)47-31(48)22-8-10-30(39)28(14-22)36(44,45)46;1-2/h4-11,13-17,19,33H,12,18H2,1-3H3,(H,47,48);1-2H3/t34-;/m1./s1. The molecule has 0 heterocycles. The second kappa shape index (κ2) is 16.6. The van der Waals surface area contributed by atoms with Crippen LogP contribution in [0.3, 0.4) is 0 Å². The van der Waals surface area contributed by atoms with Gasteiger partial charge in [0.25, 0.3) is 5.91 Å². The van der Waals surface area contributed by atoms with Gasteiger partial charge in [-0.05, 0) is 89.2 Å². The molecule has 14 heteroatoms. The number of halogens is 10. The van der Waals surface area contributed by atoms with Crippen molar-refractivity contribution in [2.75, 3.05) is 7.11 Å². The number of rotatable bonds is 11. The molecule has 0 radical (unpaired) electrons. The van der Waals surface area contributed by atoms with Crippen molar-refractivity contribution in [3.8, 4) is 0 Å². The number of hydrogen-bond acceptors (Lipinski definition) is 3. The lowest BCUT2D eigenvalue weighted by atomic mass is 9.76. The Morgan fingerprint density at radius 3 is 1.87 bits per heavy atom. The van der Waals surface area contributed by atoms with Gasteiger partial charge in [-0.25, -0.2) is 26.7 Å². The number of alkyl halides is 7. The van der Waals surface area contributed by atoms with Crippen LogP contribution in [0.25, 0.3) is 0 Å². The first-order valence-corrected chi connectivity index (χ1v) is 15.9. The van der Waals surface area contributed by atoms with Crippen LogP contribution < -0.4 is 5.32 Å². The van der Waals surface area contributed by atoms with E-state index in [9.17, 15) is 44.7 Å². The highest BCUT2D eigenvalue weighted by Crippen LogP contribution is 2.41. The zero-order chi connectivity index (χ0) is 39.2. The van der Waals surface area contributed by atoms with Gasteiger partial charge in [0, 0.05) is 17.5 Å². The van der Waals surface area contributed by atoms with Crippen LogP contribution in [0.15, 0.2) is 78.9 Å². The molecule has 4 nitrogen and oxygen atoms in total. The van der Waals surface area contributed by atoms with E-state index in [2.05, 4.69) is 10.1 Å². The molecule has 0 saturated heterocycles. The van der Waals surface area contributed by atoms with Crippen LogP contribution in [0.5, 0.6) is 0 Å². The number of nitrogens with one attached hydrogen (secondary N) is 1. The minimum absolute atomic E-state index is 0.0489. The highest BCUT2D eigenvalue weighted by atomic mass is 19.4. The summed E-state index contributed by atoms with van der Waals surface area (Å²) in [6.45, 7) is 7.50. The van der Waals surface area contributed by atoms with E-state index in [4.69, 9.17) is 0 Å². The third-order valence-electron chi connectivity index (χ3n) is 7.92. The predicted molar refractivity (Wildman–Crippen MR) is 174 cm³/mol. The normalized spacial score (nSPS) is 12.9. The van der Waals surface area contributed by atoms with E-state index in [0.29, 0.717) is 24.3 Å². The van der Waals surface area contributed by atoms with Gasteiger partial charge in [-0.15, -0.1) is 0 Å². The molecule has 1 N–H and O–H groups in total. The Bertz CT molecular complexity index is 1870. The SMILES string of the molecule is CC.COC(=O)c1ccc(C[C@](NC(=O)c2ccc(F)c(C(F)(F)F)c2)(c2cc(F)cc(C(F)(F)C(F)F)c2)c2ccc(F)c(CC(C)C)c2)cc1. The third-order valence-corrected chi connectivity index (χ3v) is 7.92. The van der Waals surface area contributed by atoms with Crippen molar-refractivity contribution in [1.29, 1.82) is 0 Å². The number of ether oxygens (including phenoxy) is 1. The van der Waals surface area contributed by atoms with E-state index < -0.39 is 82.1 Å². The van der Waals surface area contributed by atoms with Gasteiger partial charge >= 0.3 is 24.5 Å². The lowest BCUT2D eigenvalue weighted by Crippen LogP contribution is -2.49. The maximum absolute atomic E-state index is 15.2. The summed E-state index contributed by atoms with van der Waals surface area (Å²) in [6.07, 6.45) is -9.97. The number of amides is 1. The quantitative estimate of drug-likeness (QED) is 0.123. The van der Waals surface area contributed by atoms with Crippen molar-refractivity contribution in [3.63, 3.8) is 0 Å². The van der Waals surface area contributed by atoms with Crippen molar-refractivity contribution in [2.45, 2.75) is 64.6 Å². The molecule has 4 rings (SSSR count). The molecule has 0 aliphatic heterocycles. The summed E-state index contributed by atoms with van der Waals surface area (Å²) in [5.74, 6) is -11.0. The van der Waals surface area contributed by atoms with Crippen molar-refractivity contribution in [1.82, 2.24) is 5.32 Å². The van der Waals surface area contributed by atoms with Crippen LogP contribution in [0.1, 0.15) is 81.8 Å². The first kappa shape index (κ1) is 41.5. The molecule has 0 bridgehead atoms. The van der Waals surface area contributed by atoms with E-state index in [1.165, 1.54) is 30.3 Å². The molecule has 0 aromatic heterocycles. The van der Waals surface area contributed by atoms with Crippen LogP contribution in [0.4, 0.5) is 43.9 Å². The van der Waals surface area contributed by atoms with Crippen LogP contribution in [0, 0.1) is 23.4 Å². The average molecular weight is 744 g/mol. The summed E-state index contributed by atoms with van der Waals surface area (Å²) in [5.41, 5.74) is -6.72. The Morgan fingerprint density at radius 2 is 1.31 bits per heavy atom. The Kier molecular flexibility index (Phi) is 13.3. The first-order valence-electron chi connectivity index (χ1n) is 15.9. The van der Waals surface area contributed by atoms with Gasteiger partial charge in [0.1, 0.15) is 17.5 Å². The van der Waals surface area contributed by atoms with Gasteiger partial charge in [-0.3, -0.25) is 4.79 Å². The summed E-state index contributed by atoms with van der Waals surface area (Å²) in [6, 6.07) is 11.2. The van der Waals surface area contributed by atoms with E-state index >= 15 is 8.78 Å². The van der Waals surface area contributed by atoms with Crippen LogP contribution in [-0.4, -0.2) is 25.4 Å². The lowest BCUT2D eigenvalue weighted by molar-refractivity contribution is -0.140. The Labute approximate surface area is 293 Å². The van der Waals surface area contributed by atoms with Gasteiger partial charge in [-0.1, -0.05) is 52.0 Å². The molecule has 0 saturated carbocycles. The second-order valence-corrected chi connectivity index (χ2v) is 12.0. The van der Waals surface area contributed by atoms with Crippen LogP contribution in [-0.2, 0) is 35.2 Å². The van der Waals surface area contributed by atoms with E-state index in [-0.39, 0.29) is 46.7 Å². The van der Waals surface area contributed by atoms with Crippen molar-refractivity contribution < 1.29 is 58.2 Å². The summed E-state index contributed by atoms with van der Waals surface area (Å²) >= 11 is 0. The minimum atomic E-state index is -5.24. The zero-order valence-electron chi connectivity index (χ0n) is 28.6. The Morgan fingerprint density at radius 1 is 0.731 bits per heavy atom. The van der Waals surface area contributed by atoms with Gasteiger partial charge in [0.05, 0.1) is 23.8 Å². The molecule has 52 heavy (non-hydrogen) atoms. The van der Waals surface area contributed by atoms with Crippen LogP contribution in [0.2, 0.25) is 0 Å². The minimum Gasteiger partial charge on any atom is -0.465 e. The molecule has 4 aromatic rings. The topological polar surface area (TPSA) is 55.4 Å². The van der Waals surface area contributed by atoms with Crippen molar-refractivity contribution in [2.24, 2.45) is 5.92 Å². The van der Waals surface area contributed by atoms with Crippen molar-refractivity contribution in [3.05, 3.63) is 141 Å². The number of hydrogen-bond donors (Lipinski definition) is 1. The molecule has 0 fully saturated rings. The number of esters is 1. The number of carbonyl (C=O) groups excluding carboxylic acids is 2. The molecule has 1 amide bonds. The fourth-order valence-electron chi connectivity index (χ4n) is 5.48. The molecular formula is C38H35F10NO3. The van der Waals surface area contributed by atoms with Gasteiger partial charge in [0.15, 0.2) is 0 Å². The Hall–Kier alpha value is -4.88. The van der Waals surface area contributed by atoms with E-state index in [1.54, 1.807) is 13.8 Å². The summed E-state index contributed by atoms with van der Waals surface area (Å²) < 4.78 is 147. The third kappa shape index (κ3) is 9.31. The lowest BCUT2D eigenvalue weighted by Gasteiger charge is -2.37. The van der Waals surface area contributed by atoms with Crippen molar-refractivity contribution >= 4 is 11.9 Å². The summed E-state index contributed by atoms with van der Waals surface area (Å²) in [7, 11) is 1.12. The fourth-order valence-corrected chi connectivity index (χ4v) is 5.48. The molecule has 1 atom stereocenters. The largest absolute Gasteiger partial charge is 0.465 e. The highest BCUT2D eigenvalue weighted by molar-refractivity contribution is 5.95. The molecule has 0 aliphatic carbocycles. The zero-order valence-corrected chi connectivity index (χ0v) is 28.6. The van der Waals surface area contributed by atoms with Gasteiger partial charge in [0.2, 0.25) is 0 Å². The average Bonchev–Trinajstić information content (AvgIpc) is 3.08. The summed E-state index contributed by atoms with van der Waals surface area (Å²) in [4.78, 5) is 25.9.